The number of hydrogen-bond donors (Lipinski definition) is 2. The highest BCUT2D eigenvalue weighted by Crippen LogP contribution is 2.62. The minimum absolute atomic E-state index is 0.0864. The number of likely N-dealkylation sites (N-methyl/N-ethyl adjacent to an activating group) is 1. The average Bonchev–Trinajstić information content (AvgIpc) is 3.68. The number of carbonyl (C=O) groups is 5. The lowest BCUT2D eigenvalue weighted by Crippen LogP contribution is -2.62. The van der Waals surface area contributed by atoms with Crippen LogP contribution < -0.4 is 10.7 Å². The molecule has 3 fully saturated rings. The first-order valence-electron chi connectivity index (χ1n) is 22.3. The normalized spacial score (nSPS) is 22.4. The molecule has 4 aliphatic rings. The number of rotatable bonds is 9. The first-order valence-corrected chi connectivity index (χ1v) is 24.2. The first-order chi connectivity index (χ1) is 31.0. The number of hydrogen-bond acceptors (Lipinski definition) is 11. The largest absolute Gasteiger partial charge is 0.464 e. The predicted octanol–water partition coefficient (Wildman–Crippen LogP) is 6.28. The summed E-state index contributed by atoms with van der Waals surface area (Å²) in [6, 6.07) is 9.12. The number of ketones is 1. The molecular weight excluding hydrogens is 861 g/mol. The van der Waals surface area contributed by atoms with E-state index in [9.17, 15) is 24.0 Å². The number of urea groups is 1. The fourth-order valence-electron chi connectivity index (χ4n) is 9.55. The lowest BCUT2D eigenvalue weighted by molar-refractivity contribution is -0.155. The third-order valence-corrected chi connectivity index (χ3v) is 15.8. The zero-order valence-corrected chi connectivity index (χ0v) is 40.3. The Morgan fingerprint density at radius 3 is 2.66 bits per heavy atom. The van der Waals surface area contributed by atoms with Gasteiger partial charge in [-0.2, -0.15) is 0 Å². The standard InChI is InChI=1S/C48H58N8O7SSi/c1-10-37(57)50-30-23-54(24-30)46(61)53(8)40(27(3)4)42(58)43-48(65-43)22-38-51-35(25-64-38)29-16-17-36-32(20-29)33(41(55(36)11-2)31-14-12-18-49-39(31)28(5)62-9)21-47(6,7)26-63-44(59)34-15-13-19-56(52-34)45(48)60/h10,12,14,16-18,20,25,28,30,34,43,52H,1,11,13,15,19,21-24,26H2,2-9H3,(H,50,57)/t28-,34-,43?,48-/m0/s1. The molecule has 8 rings (SSSR count). The monoisotopic (exact) mass is 918 g/mol. The highest BCUT2D eigenvalue weighted by molar-refractivity contribution is 7.10. The van der Waals surface area contributed by atoms with Crippen LogP contribution in [0.15, 0.2) is 65.8 Å². The van der Waals surface area contributed by atoms with Crippen molar-refractivity contribution in [1.82, 2.24) is 40.1 Å². The fraction of sp³-hybridized carbons (Fsp3) is 0.479. The van der Waals surface area contributed by atoms with E-state index >= 15 is 0 Å². The molecule has 6 bridgehead atoms. The highest BCUT2D eigenvalue weighted by Gasteiger charge is 2.66. The van der Waals surface area contributed by atoms with Crippen molar-refractivity contribution in [3.8, 4) is 22.5 Å². The third-order valence-electron chi connectivity index (χ3n) is 13.0. The molecule has 4 amide bonds. The summed E-state index contributed by atoms with van der Waals surface area (Å²) in [5, 5.41) is 6.95. The zero-order valence-electron chi connectivity index (χ0n) is 38.4. The number of methoxy groups -OCH3 is 1. The molecule has 1 unspecified atom stereocenters. The molecule has 1 spiro atoms. The zero-order chi connectivity index (χ0) is 46.5. The van der Waals surface area contributed by atoms with Crippen molar-refractivity contribution in [3.05, 3.63) is 82.1 Å². The van der Waals surface area contributed by atoms with Gasteiger partial charge in [0.05, 0.1) is 61.1 Å². The maximum absolute atomic E-state index is 15.0. The Kier molecular flexibility index (Phi) is 12.8. The molecule has 4 aliphatic heterocycles. The Hall–Kier alpha value is -5.49. The number of pyridine rings is 1. The summed E-state index contributed by atoms with van der Waals surface area (Å²) in [4.78, 5) is 82.2. The Labute approximate surface area is 386 Å². The summed E-state index contributed by atoms with van der Waals surface area (Å²) in [5.41, 5.74) is 9.58. The Balaban J connectivity index is 1.18. The van der Waals surface area contributed by atoms with Gasteiger partial charge in [0, 0.05) is 91.3 Å². The van der Waals surface area contributed by atoms with Crippen LogP contribution in [0.3, 0.4) is 0 Å². The van der Waals surface area contributed by atoms with Crippen molar-refractivity contribution in [2.45, 2.75) is 103 Å². The number of likely N-dealkylation sites (tertiary alicyclic amines) is 1. The topological polar surface area (TPSA) is 168 Å². The molecule has 342 valence electrons. The van der Waals surface area contributed by atoms with E-state index in [2.05, 4.69) is 66.9 Å². The smallest absolute Gasteiger partial charge is 0.324 e. The number of thiazole rings is 1. The number of hydrazine groups is 1. The third kappa shape index (κ3) is 8.70. The summed E-state index contributed by atoms with van der Waals surface area (Å²) in [6.45, 7) is 17.2. The van der Waals surface area contributed by atoms with Crippen LogP contribution in [-0.2, 0) is 48.0 Å². The second-order valence-electron chi connectivity index (χ2n) is 18.6. The van der Waals surface area contributed by atoms with E-state index in [1.807, 2.05) is 18.4 Å². The van der Waals surface area contributed by atoms with Crippen molar-refractivity contribution in [1.29, 1.82) is 0 Å². The molecule has 3 saturated heterocycles. The lowest BCUT2D eigenvalue weighted by Gasteiger charge is -2.41. The minimum atomic E-state index is -1.15. The molecule has 15 nitrogen and oxygen atoms in total. The number of nitrogens with one attached hydrogen (secondary N) is 2. The lowest BCUT2D eigenvalue weighted by atomic mass is 9.84. The van der Waals surface area contributed by atoms with Gasteiger partial charge in [0.1, 0.15) is 6.04 Å². The molecule has 1 aromatic carbocycles. The van der Waals surface area contributed by atoms with Gasteiger partial charge in [0.25, 0.3) is 0 Å². The summed E-state index contributed by atoms with van der Waals surface area (Å²) >= 11 is 1.46. The quantitative estimate of drug-likeness (QED) is 0.111. The van der Waals surface area contributed by atoms with Crippen molar-refractivity contribution >= 4 is 61.4 Å². The Bertz CT molecular complexity index is 2610. The number of carbonyl (C=O) groups excluding carboxylic acids is 5. The SMILES string of the molecule is C=CC(=O)NC1CN(C(=O)N(C)C(C(=O)C2[Si][C@@]23Cc2nc(cs2)-c2ccc4c(c2)c(c(-c2cccnc2[C@H](C)OC)n4CC)CC(C)(C)COC(=O)[C@@H]2CCCN(N2)C3=O)=C(C)C)C1. The number of amides is 4. The molecule has 17 heteroatoms. The molecule has 0 aliphatic carbocycles. The van der Waals surface area contributed by atoms with Gasteiger partial charge >= 0.3 is 12.0 Å². The van der Waals surface area contributed by atoms with Gasteiger partial charge in [-0.05, 0) is 88.4 Å². The van der Waals surface area contributed by atoms with Crippen LogP contribution in [0.1, 0.15) is 76.8 Å². The number of esters is 1. The van der Waals surface area contributed by atoms with Crippen LogP contribution in [0, 0.1) is 5.41 Å². The molecule has 0 saturated carbocycles. The Morgan fingerprint density at radius 1 is 1.18 bits per heavy atom. The van der Waals surface area contributed by atoms with Gasteiger partial charge in [-0.3, -0.25) is 34.1 Å². The van der Waals surface area contributed by atoms with Crippen LogP contribution in [-0.4, -0.2) is 121 Å². The molecule has 65 heavy (non-hydrogen) atoms. The molecule has 7 heterocycles. The first kappa shape index (κ1) is 46.1. The van der Waals surface area contributed by atoms with Gasteiger partial charge in [-0.25, -0.2) is 15.2 Å². The van der Waals surface area contributed by atoms with E-state index in [1.54, 1.807) is 39.1 Å². The predicted molar refractivity (Wildman–Crippen MR) is 250 cm³/mol. The number of benzene rings is 1. The molecular formula is C48H58N8O7SSi. The number of aromatic nitrogens is 3. The highest BCUT2D eigenvalue weighted by atomic mass is 32.1. The summed E-state index contributed by atoms with van der Waals surface area (Å²) < 4.78 is 14.3. The number of cyclic esters (lactones) is 1. The van der Waals surface area contributed by atoms with Crippen molar-refractivity contribution in [2.24, 2.45) is 5.41 Å². The Morgan fingerprint density at radius 2 is 1.95 bits per heavy atom. The van der Waals surface area contributed by atoms with Crippen molar-refractivity contribution in [3.63, 3.8) is 0 Å². The van der Waals surface area contributed by atoms with Crippen LogP contribution in [0.5, 0.6) is 0 Å². The fourth-order valence-corrected chi connectivity index (χ4v) is 12.2. The second kappa shape index (κ2) is 18.1. The molecule has 2 radical (unpaired) electrons. The van der Waals surface area contributed by atoms with E-state index in [0.29, 0.717) is 56.0 Å². The van der Waals surface area contributed by atoms with Gasteiger partial charge in [-0.1, -0.05) is 26.5 Å². The van der Waals surface area contributed by atoms with E-state index in [-0.39, 0.29) is 64.0 Å². The molecule has 4 atom stereocenters. The molecule has 2 N–H and O–H groups in total. The second-order valence-corrected chi connectivity index (χ2v) is 21.3. The summed E-state index contributed by atoms with van der Waals surface area (Å²) in [6.07, 6.45) is 4.57. The number of Topliss-reactive ketones (excluding diaryl/α,β-unsaturated/α-hetero) is 1. The van der Waals surface area contributed by atoms with Gasteiger partial charge < -0.3 is 24.3 Å². The number of ether oxygens (including phenoxy) is 2. The van der Waals surface area contributed by atoms with Crippen LogP contribution in [0.25, 0.3) is 33.4 Å². The van der Waals surface area contributed by atoms with Crippen molar-refractivity contribution < 1.29 is 33.4 Å². The summed E-state index contributed by atoms with van der Waals surface area (Å²) in [7, 11) is 3.18. The minimum Gasteiger partial charge on any atom is -0.464 e. The van der Waals surface area contributed by atoms with E-state index < -0.39 is 28.0 Å². The van der Waals surface area contributed by atoms with Crippen molar-refractivity contribution in [2.75, 3.05) is 40.4 Å². The number of allylic oxidation sites excluding steroid dienone is 2. The van der Waals surface area contributed by atoms with Gasteiger partial charge in [0.2, 0.25) is 11.8 Å². The van der Waals surface area contributed by atoms with Gasteiger partial charge in [-0.15, -0.1) is 11.3 Å². The number of nitrogens with zero attached hydrogens (tertiary/aromatic N) is 6. The van der Waals surface area contributed by atoms with Crippen LogP contribution in [0.4, 0.5) is 4.79 Å². The van der Waals surface area contributed by atoms with Crippen LogP contribution >= 0.6 is 11.3 Å². The van der Waals surface area contributed by atoms with Crippen LogP contribution in [0.2, 0.25) is 10.6 Å². The average molecular weight is 919 g/mol. The molecule has 4 aromatic rings. The van der Waals surface area contributed by atoms with E-state index in [1.165, 1.54) is 27.3 Å². The molecule has 3 aromatic heterocycles. The number of aryl methyl sites for hydroxylation is 1. The maximum Gasteiger partial charge on any atom is 0.324 e. The van der Waals surface area contributed by atoms with E-state index in [0.717, 1.165) is 44.7 Å². The van der Waals surface area contributed by atoms with Gasteiger partial charge in [0.15, 0.2) is 5.78 Å². The maximum atomic E-state index is 15.0. The summed E-state index contributed by atoms with van der Waals surface area (Å²) in [5.74, 6) is -1.31. The van der Waals surface area contributed by atoms with E-state index in [4.69, 9.17) is 19.4 Å². The number of fused-ring (bicyclic) bond motifs is 6.